The van der Waals surface area contributed by atoms with Crippen LogP contribution in [0, 0.1) is 13.8 Å². The third-order valence-corrected chi connectivity index (χ3v) is 3.36. The van der Waals surface area contributed by atoms with Gasteiger partial charge in [-0.3, -0.25) is 4.79 Å². The second-order valence-corrected chi connectivity index (χ2v) is 5.24. The van der Waals surface area contributed by atoms with Crippen LogP contribution in [0.2, 0.25) is 0 Å². The summed E-state index contributed by atoms with van der Waals surface area (Å²) < 4.78 is 0. The monoisotopic (exact) mass is 310 g/mol. The van der Waals surface area contributed by atoms with Crippen molar-refractivity contribution in [3.63, 3.8) is 0 Å². The Morgan fingerprint density at radius 1 is 1.30 bits per heavy atom. The van der Waals surface area contributed by atoms with Crippen molar-refractivity contribution >= 4 is 17.4 Å². The number of carbonyl (C=O) groups excluding carboxylic acids is 1. The molecule has 2 rings (SSSR count). The summed E-state index contributed by atoms with van der Waals surface area (Å²) in [6.07, 6.45) is 1.74. The maximum absolute atomic E-state index is 12.9. The minimum Gasteiger partial charge on any atom is -0.366 e. The zero-order valence-corrected chi connectivity index (χ0v) is 13.8. The molecule has 1 aromatic carbocycles. The van der Waals surface area contributed by atoms with Gasteiger partial charge in [0, 0.05) is 24.8 Å². The van der Waals surface area contributed by atoms with Gasteiger partial charge in [0.05, 0.1) is 0 Å². The van der Waals surface area contributed by atoms with Crippen LogP contribution in [-0.4, -0.2) is 29.0 Å². The summed E-state index contributed by atoms with van der Waals surface area (Å²) in [5.41, 5.74) is 2.36. The van der Waals surface area contributed by atoms with Crippen molar-refractivity contribution in [2.24, 2.45) is 0 Å². The summed E-state index contributed by atoms with van der Waals surface area (Å²) in [4.78, 5) is 23.1. The van der Waals surface area contributed by atoms with E-state index in [-0.39, 0.29) is 5.91 Å². The maximum atomic E-state index is 12.9. The van der Waals surface area contributed by atoms with Crippen molar-refractivity contribution in [2.45, 2.75) is 20.8 Å². The lowest BCUT2D eigenvalue weighted by atomic mass is 10.2. The summed E-state index contributed by atoms with van der Waals surface area (Å²) in [5, 5.41) is 3.10. The predicted octanol–water partition coefficient (Wildman–Crippen LogP) is 3.36. The average Bonchev–Trinajstić information content (AvgIpc) is 2.53. The molecule has 0 radical (unpaired) electrons. The van der Waals surface area contributed by atoms with Gasteiger partial charge in [-0.05, 0) is 38.5 Å². The number of nitrogens with one attached hydrogen (secondary N) is 1. The fourth-order valence-electron chi connectivity index (χ4n) is 2.32. The molecule has 0 spiro atoms. The van der Waals surface area contributed by atoms with Crippen LogP contribution >= 0.6 is 0 Å². The molecule has 0 saturated heterocycles. The van der Waals surface area contributed by atoms with Crippen LogP contribution in [0.3, 0.4) is 0 Å². The van der Waals surface area contributed by atoms with E-state index < -0.39 is 0 Å². The number of amides is 1. The predicted molar refractivity (Wildman–Crippen MR) is 94.0 cm³/mol. The quantitative estimate of drug-likeness (QED) is 0.831. The molecule has 1 heterocycles. The number of benzene rings is 1. The van der Waals surface area contributed by atoms with E-state index in [1.165, 1.54) is 0 Å². The lowest BCUT2D eigenvalue weighted by molar-refractivity contribution is 0.0983. The first-order valence-corrected chi connectivity index (χ1v) is 7.64. The molecule has 0 aliphatic carbocycles. The molecular formula is C18H22N4O. The molecule has 120 valence electrons. The first-order chi connectivity index (χ1) is 11.0. The lowest BCUT2D eigenvalue weighted by Gasteiger charge is -2.21. The van der Waals surface area contributed by atoms with E-state index in [0.29, 0.717) is 30.4 Å². The molecular weight excluding hydrogens is 288 g/mol. The van der Waals surface area contributed by atoms with Gasteiger partial charge in [0.2, 0.25) is 0 Å². The second-order valence-electron chi connectivity index (χ2n) is 5.24. The third kappa shape index (κ3) is 4.16. The summed E-state index contributed by atoms with van der Waals surface area (Å²) in [6, 6.07) is 9.56. The molecule has 0 bridgehead atoms. The van der Waals surface area contributed by atoms with Crippen molar-refractivity contribution in [1.29, 1.82) is 0 Å². The molecule has 1 N–H and O–H groups in total. The van der Waals surface area contributed by atoms with Crippen LogP contribution in [0.4, 0.5) is 11.5 Å². The summed E-state index contributed by atoms with van der Waals surface area (Å²) in [5.74, 6) is 1.05. The molecule has 0 aliphatic heterocycles. The van der Waals surface area contributed by atoms with E-state index in [2.05, 4.69) is 21.9 Å². The standard InChI is InChI=1S/C18H22N4O/c1-5-10-19-17-12-16(20-14(4)21-17)18(23)22(6-2)15-9-7-8-13(3)11-15/h5,7-9,11-12H,1,6,10H2,2-4H3,(H,19,20,21). The van der Waals surface area contributed by atoms with Crippen LogP contribution in [0.15, 0.2) is 43.0 Å². The van der Waals surface area contributed by atoms with E-state index in [0.717, 1.165) is 11.3 Å². The first kappa shape index (κ1) is 16.7. The van der Waals surface area contributed by atoms with Gasteiger partial charge in [-0.2, -0.15) is 0 Å². The van der Waals surface area contributed by atoms with Crippen LogP contribution in [-0.2, 0) is 0 Å². The molecule has 0 unspecified atom stereocenters. The van der Waals surface area contributed by atoms with Crippen molar-refractivity contribution < 1.29 is 4.79 Å². The Balaban J connectivity index is 2.33. The normalized spacial score (nSPS) is 10.2. The van der Waals surface area contributed by atoms with E-state index in [4.69, 9.17) is 0 Å². The third-order valence-electron chi connectivity index (χ3n) is 3.36. The second kappa shape index (κ2) is 7.54. The minimum absolute atomic E-state index is 0.134. The number of hydrogen-bond donors (Lipinski definition) is 1. The Kier molecular flexibility index (Phi) is 5.46. The van der Waals surface area contributed by atoms with Gasteiger partial charge in [0.1, 0.15) is 17.3 Å². The van der Waals surface area contributed by atoms with E-state index in [9.17, 15) is 4.79 Å². The average molecular weight is 310 g/mol. The summed E-state index contributed by atoms with van der Waals surface area (Å²) >= 11 is 0. The number of hydrogen-bond acceptors (Lipinski definition) is 4. The highest BCUT2D eigenvalue weighted by molar-refractivity contribution is 6.05. The molecule has 2 aromatic rings. The summed E-state index contributed by atoms with van der Waals surface area (Å²) in [6.45, 7) is 10.6. The fourth-order valence-corrected chi connectivity index (χ4v) is 2.32. The highest BCUT2D eigenvalue weighted by Crippen LogP contribution is 2.19. The van der Waals surface area contributed by atoms with Gasteiger partial charge in [-0.25, -0.2) is 9.97 Å². The molecule has 23 heavy (non-hydrogen) atoms. The topological polar surface area (TPSA) is 58.1 Å². The molecule has 5 heteroatoms. The van der Waals surface area contributed by atoms with Crippen LogP contribution in [0.5, 0.6) is 0 Å². The van der Waals surface area contributed by atoms with Crippen LogP contribution in [0.1, 0.15) is 28.8 Å². The zero-order chi connectivity index (χ0) is 16.8. The van der Waals surface area contributed by atoms with E-state index in [1.807, 2.05) is 38.1 Å². The molecule has 1 amide bonds. The van der Waals surface area contributed by atoms with Gasteiger partial charge in [-0.15, -0.1) is 6.58 Å². The SMILES string of the molecule is C=CCNc1cc(C(=O)N(CC)c2cccc(C)c2)nc(C)n1. The van der Waals surface area contributed by atoms with Crippen molar-refractivity contribution in [3.05, 3.63) is 60.1 Å². The van der Waals surface area contributed by atoms with Gasteiger partial charge in [-0.1, -0.05) is 18.2 Å². The number of nitrogens with zero attached hydrogens (tertiary/aromatic N) is 3. The molecule has 0 atom stereocenters. The molecule has 0 aliphatic rings. The molecule has 0 fully saturated rings. The highest BCUT2D eigenvalue weighted by Gasteiger charge is 2.19. The zero-order valence-electron chi connectivity index (χ0n) is 13.8. The summed E-state index contributed by atoms with van der Waals surface area (Å²) in [7, 11) is 0. The Labute approximate surface area is 137 Å². The van der Waals surface area contributed by atoms with Gasteiger partial charge >= 0.3 is 0 Å². The smallest absolute Gasteiger partial charge is 0.277 e. The number of anilines is 2. The minimum atomic E-state index is -0.134. The Morgan fingerprint density at radius 2 is 2.09 bits per heavy atom. The Hall–Kier alpha value is -2.69. The molecule has 0 saturated carbocycles. The van der Waals surface area contributed by atoms with E-state index in [1.54, 1.807) is 24.0 Å². The molecule has 5 nitrogen and oxygen atoms in total. The van der Waals surface area contributed by atoms with E-state index >= 15 is 0 Å². The number of rotatable bonds is 6. The largest absolute Gasteiger partial charge is 0.366 e. The highest BCUT2D eigenvalue weighted by atomic mass is 16.2. The van der Waals surface area contributed by atoms with Crippen LogP contribution < -0.4 is 10.2 Å². The number of aromatic nitrogens is 2. The Bertz CT molecular complexity index is 712. The van der Waals surface area contributed by atoms with Crippen molar-refractivity contribution in [2.75, 3.05) is 23.3 Å². The Morgan fingerprint density at radius 3 is 2.74 bits per heavy atom. The van der Waals surface area contributed by atoms with Crippen LogP contribution in [0.25, 0.3) is 0 Å². The molecule has 1 aromatic heterocycles. The number of carbonyl (C=O) groups is 1. The van der Waals surface area contributed by atoms with Gasteiger partial charge in [0.25, 0.3) is 5.91 Å². The lowest BCUT2D eigenvalue weighted by Crippen LogP contribution is -2.31. The maximum Gasteiger partial charge on any atom is 0.277 e. The van der Waals surface area contributed by atoms with Gasteiger partial charge in [0.15, 0.2) is 0 Å². The van der Waals surface area contributed by atoms with Crippen molar-refractivity contribution in [1.82, 2.24) is 9.97 Å². The fraction of sp³-hybridized carbons (Fsp3) is 0.278. The van der Waals surface area contributed by atoms with Crippen molar-refractivity contribution in [3.8, 4) is 0 Å². The van der Waals surface area contributed by atoms with Gasteiger partial charge < -0.3 is 10.2 Å². The number of aryl methyl sites for hydroxylation is 2. The first-order valence-electron chi connectivity index (χ1n) is 7.64.